The lowest BCUT2D eigenvalue weighted by Gasteiger charge is -1.93. The molecule has 1 aromatic carbocycles. The maximum atomic E-state index is 9.73. The standard InChI is InChI=1S/C10H8N2OS/c1-6-5-12-9-7(13)3-2-4-8(9)14-10(12)11-6/h2-5,13H,1H3. The molecule has 2 heterocycles. The Morgan fingerprint density at radius 2 is 2.29 bits per heavy atom. The number of thiazole rings is 1. The molecule has 0 amide bonds. The van der Waals surface area contributed by atoms with Gasteiger partial charge in [-0.25, -0.2) is 4.98 Å². The smallest absolute Gasteiger partial charge is 0.195 e. The Morgan fingerprint density at radius 3 is 3.14 bits per heavy atom. The molecule has 0 aliphatic carbocycles. The number of fused-ring (bicyclic) bond motifs is 3. The summed E-state index contributed by atoms with van der Waals surface area (Å²) in [7, 11) is 0. The van der Waals surface area contributed by atoms with Crippen LogP contribution in [0.2, 0.25) is 0 Å². The van der Waals surface area contributed by atoms with E-state index in [1.807, 2.05) is 29.7 Å². The van der Waals surface area contributed by atoms with Gasteiger partial charge in [-0.2, -0.15) is 0 Å². The van der Waals surface area contributed by atoms with Gasteiger partial charge in [0, 0.05) is 6.20 Å². The number of nitrogens with zero attached hydrogens (tertiary/aromatic N) is 2. The lowest BCUT2D eigenvalue weighted by atomic mass is 10.3. The third kappa shape index (κ3) is 0.886. The highest BCUT2D eigenvalue weighted by Crippen LogP contribution is 2.31. The minimum absolute atomic E-state index is 0.311. The van der Waals surface area contributed by atoms with E-state index < -0.39 is 0 Å². The van der Waals surface area contributed by atoms with E-state index in [2.05, 4.69) is 4.98 Å². The first-order valence-electron chi connectivity index (χ1n) is 4.32. The summed E-state index contributed by atoms with van der Waals surface area (Å²) >= 11 is 1.59. The third-order valence-corrected chi connectivity index (χ3v) is 3.23. The molecule has 0 bridgehead atoms. The van der Waals surface area contributed by atoms with Crippen LogP contribution in [0, 0.1) is 6.92 Å². The number of hydrogen-bond acceptors (Lipinski definition) is 3. The summed E-state index contributed by atoms with van der Waals surface area (Å²) in [5.41, 5.74) is 1.83. The molecule has 0 aliphatic heterocycles. The van der Waals surface area contributed by atoms with Gasteiger partial charge in [-0.15, -0.1) is 0 Å². The zero-order valence-electron chi connectivity index (χ0n) is 7.56. The molecule has 14 heavy (non-hydrogen) atoms. The number of phenols is 1. The number of hydrogen-bond donors (Lipinski definition) is 1. The monoisotopic (exact) mass is 204 g/mol. The fraction of sp³-hybridized carbons (Fsp3) is 0.100. The highest BCUT2D eigenvalue weighted by Gasteiger charge is 2.09. The van der Waals surface area contributed by atoms with Gasteiger partial charge in [0.1, 0.15) is 11.3 Å². The molecule has 1 N–H and O–H groups in total. The van der Waals surface area contributed by atoms with Gasteiger partial charge in [0.15, 0.2) is 4.96 Å². The third-order valence-electron chi connectivity index (χ3n) is 2.21. The van der Waals surface area contributed by atoms with Gasteiger partial charge in [0.05, 0.1) is 10.4 Å². The van der Waals surface area contributed by atoms with Crippen molar-refractivity contribution in [1.29, 1.82) is 0 Å². The molecule has 0 fully saturated rings. The van der Waals surface area contributed by atoms with Crippen molar-refractivity contribution in [2.45, 2.75) is 6.92 Å². The van der Waals surface area contributed by atoms with Crippen LogP contribution < -0.4 is 0 Å². The molecule has 0 radical (unpaired) electrons. The van der Waals surface area contributed by atoms with E-state index >= 15 is 0 Å². The summed E-state index contributed by atoms with van der Waals surface area (Å²) < 4.78 is 3.00. The maximum Gasteiger partial charge on any atom is 0.195 e. The summed E-state index contributed by atoms with van der Waals surface area (Å²) in [5, 5.41) is 9.73. The first-order valence-corrected chi connectivity index (χ1v) is 5.13. The summed E-state index contributed by atoms with van der Waals surface area (Å²) in [6, 6.07) is 5.54. The number of aromatic hydroxyl groups is 1. The van der Waals surface area contributed by atoms with Crippen molar-refractivity contribution in [3.05, 3.63) is 30.1 Å². The molecule has 0 saturated carbocycles. The molecule has 2 aromatic heterocycles. The number of imidazole rings is 1. The Labute approximate surface area is 84.3 Å². The number of aromatic nitrogens is 2. The second-order valence-electron chi connectivity index (χ2n) is 3.26. The minimum atomic E-state index is 0.311. The summed E-state index contributed by atoms with van der Waals surface area (Å²) in [6.45, 7) is 1.95. The predicted octanol–water partition coefficient (Wildman–Crippen LogP) is 2.56. The molecule has 3 rings (SSSR count). The topological polar surface area (TPSA) is 37.5 Å². The van der Waals surface area contributed by atoms with Crippen molar-refractivity contribution < 1.29 is 5.11 Å². The van der Waals surface area contributed by atoms with Crippen LogP contribution >= 0.6 is 11.3 Å². The van der Waals surface area contributed by atoms with E-state index in [4.69, 9.17) is 0 Å². The van der Waals surface area contributed by atoms with Gasteiger partial charge < -0.3 is 5.11 Å². The highest BCUT2D eigenvalue weighted by atomic mass is 32.1. The first kappa shape index (κ1) is 7.82. The Balaban J connectivity index is 2.61. The summed E-state index contributed by atoms with van der Waals surface area (Å²) in [5.74, 6) is 0.311. The molecule has 0 unspecified atom stereocenters. The number of aryl methyl sites for hydroxylation is 1. The minimum Gasteiger partial charge on any atom is -0.506 e. The molecule has 3 aromatic rings. The van der Waals surface area contributed by atoms with Crippen LogP contribution in [0.25, 0.3) is 15.2 Å². The lowest BCUT2D eigenvalue weighted by molar-refractivity contribution is 0.480. The Hall–Kier alpha value is -1.55. The van der Waals surface area contributed by atoms with E-state index in [9.17, 15) is 5.11 Å². The Bertz CT molecular complexity index is 623. The zero-order chi connectivity index (χ0) is 9.71. The Kier molecular flexibility index (Phi) is 1.39. The molecule has 0 aliphatic rings. The average Bonchev–Trinajstić information content (AvgIpc) is 2.60. The molecule has 3 nitrogen and oxygen atoms in total. The van der Waals surface area contributed by atoms with Crippen LogP contribution in [0.15, 0.2) is 24.4 Å². The van der Waals surface area contributed by atoms with Crippen molar-refractivity contribution >= 4 is 26.5 Å². The largest absolute Gasteiger partial charge is 0.506 e. The second kappa shape index (κ2) is 2.48. The first-order chi connectivity index (χ1) is 6.75. The number of phenolic OH excluding ortho intramolecular Hbond substituents is 1. The second-order valence-corrected chi connectivity index (χ2v) is 4.27. The van der Waals surface area contributed by atoms with Crippen LogP contribution in [0.4, 0.5) is 0 Å². The molecular weight excluding hydrogens is 196 g/mol. The van der Waals surface area contributed by atoms with Crippen LogP contribution in [0.5, 0.6) is 5.75 Å². The molecule has 0 saturated heterocycles. The van der Waals surface area contributed by atoms with Crippen LogP contribution in [0.1, 0.15) is 5.69 Å². The Morgan fingerprint density at radius 1 is 1.43 bits per heavy atom. The zero-order valence-corrected chi connectivity index (χ0v) is 8.38. The SMILES string of the molecule is Cc1cn2c(n1)sc1cccc(O)c12. The average molecular weight is 204 g/mol. The number of rotatable bonds is 0. The predicted molar refractivity (Wildman–Crippen MR) is 57.0 cm³/mol. The molecule has 0 spiro atoms. The van der Waals surface area contributed by atoms with E-state index in [1.54, 1.807) is 17.4 Å². The van der Waals surface area contributed by atoms with Gasteiger partial charge in [-0.1, -0.05) is 17.4 Å². The maximum absolute atomic E-state index is 9.73. The van der Waals surface area contributed by atoms with Crippen LogP contribution in [-0.4, -0.2) is 14.5 Å². The molecule has 4 heteroatoms. The van der Waals surface area contributed by atoms with Gasteiger partial charge in [-0.3, -0.25) is 4.40 Å². The van der Waals surface area contributed by atoms with Crippen LogP contribution in [-0.2, 0) is 0 Å². The quantitative estimate of drug-likeness (QED) is 0.611. The molecule has 70 valence electrons. The number of para-hydroxylation sites is 1. The molecule has 0 atom stereocenters. The van der Waals surface area contributed by atoms with Crippen molar-refractivity contribution in [3.8, 4) is 5.75 Å². The summed E-state index contributed by atoms with van der Waals surface area (Å²) in [4.78, 5) is 5.29. The van der Waals surface area contributed by atoms with Gasteiger partial charge in [0.2, 0.25) is 0 Å². The van der Waals surface area contributed by atoms with Crippen LogP contribution in [0.3, 0.4) is 0 Å². The van der Waals surface area contributed by atoms with Gasteiger partial charge >= 0.3 is 0 Å². The van der Waals surface area contributed by atoms with Crippen molar-refractivity contribution in [2.75, 3.05) is 0 Å². The fourth-order valence-electron chi connectivity index (χ4n) is 1.64. The molecular formula is C10H8N2OS. The van der Waals surface area contributed by atoms with E-state index in [1.165, 1.54) is 0 Å². The van der Waals surface area contributed by atoms with Crippen molar-refractivity contribution in [1.82, 2.24) is 9.38 Å². The summed E-state index contributed by atoms with van der Waals surface area (Å²) in [6.07, 6.45) is 1.94. The van der Waals surface area contributed by atoms with E-state index in [0.29, 0.717) is 5.75 Å². The highest BCUT2D eigenvalue weighted by molar-refractivity contribution is 7.23. The van der Waals surface area contributed by atoms with Crippen molar-refractivity contribution in [3.63, 3.8) is 0 Å². The van der Waals surface area contributed by atoms with Gasteiger partial charge in [0.25, 0.3) is 0 Å². The van der Waals surface area contributed by atoms with E-state index in [0.717, 1.165) is 20.9 Å². The van der Waals surface area contributed by atoms with E-state index in [-0.39, 0.29) is 0 Å². The fourth-order valence-corrected chi connectivity index (χ4v) is 2.72. The van der Waals surface area contributed by atoms with Crippen molar-refractivity contribution in [2.24, 2.45) is 0 Å². The van der Waals surface area contributed by atoms with Gasteiger partial charge in [-0.05, 0) is 19.1 Å². The normalized spacial score (nSPS) is 11.5. The lowest BCUT2D eigenvalue weighted by Crippen LogP contribution is -1.77. The number of benzene rings is 1.